The molecule has 15 heteroatoms. The lowest BCUT2D eigenvalue weighted by molar-refractivity contribution is -0.149. The van der Waals surface area contributed by atoms with E-state index in [0.29, 0.717) is 16.8 Å². The number of nitrogens with two attached hydrogens (primary N) is 1. The first-order valence-corrected chi connectivity index (χ1v) is 15.9. The second-order valence-electron chi connectivity index (χ2n) is 12.8. The van der Waals surface area contributed by atoms with Gasteiger partial charge in [0.25, 0.3) is 5.91 Å². The lowest BCUT2D eigenvalue weighted by Crippen LogP contribution is -2.66. The highest BCUT2D eigenvalue weighted by atomic mass is 16.6. The molecule has 0 spiro atoms. The van der Waals surface area contributed by atoms with Crippen molar-refractivity contribution >= 4 is 46.8 Å². The maximum atomic E-state index is 14.4. The van der Waals surface area contributed by atoms with E-state index in [1.165, 1.54) is 18.0 Å². The zero-order valence-corrected chi connectivity index (χ0v) is 27.0. The number of primary amides is 1. The quantitative estimate of drug-likeness (QED) is 0.217. The molecule has 1 saturated carbocycles. The molecular weight excluding hydrogens is 664 g/mol. The van der Waals surface area contributed by atoms with Crippen LogP contribution < -0.4 is 21.1 Å². The third kappa shape index (κ3) is 5.20. The maximum Gasteiger partial charge on any atom is 0.433 e. The third-order valence-electron chi connectivity index (χ3n) is 9.96. The van der Waals surface area contributed by atoms with E-state index in [1.807, 2.05) is 0 Å². The fourth-order valence-corrected chi connectivity index (χ4v) is 7.58. The molecule has 3 amide bonds. The molecule has 1 fully saturated rings. The Labute approximate surface area is 289 Å². The number of hydrogen-bond donors (Lipinski definition) is 6. The van der Waals surface area contributed by atoms with E-state index in [4.69, 9.17) is 15.2 Å². The smallest absolute Gasteiger partial charge is 0.433 e. The van der Waals surface area contributed by atoms with Crippen LogP contribution in [0.1, 0.15) is 28.7 Å². The number of carbonyl (C=O) groups is 5. The maximum absolute atomic E-state index is 14.4. The molecule has 5 bridgehead atoms. The summed E-state index contributed by atoms with van der Waals surface area (Å²) in [7, 11) is 1.50. The molecule has 4 atom stereocenters. The summed E-state index contributed by atoms with van der Waals surface area (Å²) in [4.78, 5) is 69.3. The van der Waals surface area contributed by atoms with Crippen molar-refractivity contribution in [2.45, 2.75) is 37.7 Å². The number of phenolic OH excluding ortho intramolecular Hbond substituents is 1. The Morgan fingerprint density at radius 1 is 1.04 bits per heavy atom. The van der Waals surface area contributed by atoms with Gasteiger partial charge in [-0.25, -0.2) is 15.0 Å². The first-order valence-electron chi connectivity index (χ1n) is 15.9. The van der Waals surface area contributed by atoms with Gasteiger partial charge in [-0.05, 0) is 59.7 Å². The van der Waals surface area contributed by atoms with Gasteiger partial charge in [-0.2, -0.15) is 5.01 Å². The summed E-state index contributed by atoms with van der Waals surface area (Å²) in [5.74, 6) is -8.37. The normalized spacial score (nSPS) is 24.3. The summed E-state index contributed by atoms with van der Waals surface area (Å²) in [6.45, 7) is -0.499. The summed E-state index contributed by atoms with van der Waals surface area (Å²) < 4.78 is 11.0. The van der Waals surface area contributed by atoms with Gasteiger partial charge in [-0.1, -0.05) is 42.5 Å². The molecule has 2 unspecified atom stereocenters. The van der Waals surface area contributed by atoms with Crippen molar-refractivity contribution in [2.75, 3.05) is 17.0 Å². The summed E-state index contributed by atoms with van der Waals surface area (Å²) in [6, 6.07) is 16.2. The van der Waals surface area contributed by atoms with Gasteiger partial charge in [0.15, 0.2) is 11.4 Å². The van der Waals surface area contributed by atoms with Crippen molar-refractivity contribution in [3.05, 3.63) is 106 Å². The second-order valence-corrected chi connectivity index (χ2v) is 12.8. The molecule has 0 radical (unpaired) electrons. The highest BCUT2D eigenvalue weighted by Crippen LogP contribution is 2.54. The number of nitrogens with zero attached hydrogens (tertiary/aromatic N) is 2. The highest BCUT2D eigenvalue weighted by molar-refractivity contribution is 6.25. The monoisotopic (exact) mass is 696 g/mol. The third-order valence-corrected chi connectivity index (χ3v) is 9.96. The van der Waals surface area contributed by atoms with Gasteiger partial charge < -0.3 is 40.5 Å². The molecule has 3 aromatic carbocycles. The number of hydrazine groups is 1. The van der Waals surface area contributed by atoms with Gasteiger partial charge in [-0.3, -0.25) is 14.4 Å². The van der Waals surface area contributed by atoms with E-state index in [1.54, 1.807) is 54.6 Å². The van der Waals surface area contributed by atoms with Crippen molar-refractivity contribution in [1.29, 1.82) is 0 Å². The Morgan fingerprint density at radius 3 is 2.51 bits per heavy atom. The first-order chi connectivity index (χ1) is 24.3. The van der Waals surface area contributed by atoms with E-state index < -0.39 is 76.0 Å². The number of cyclic esters (lactones) is 1. The Hall–Kier alpha value is -6.35. The van der Waals surface area contributed by atoms with Crippen LogP contribution in [-0.4, -0.2) is 68.8 Å². The summed E-state index contributed by atoms with van der Waals surface area (Å²) in [5.41, 5.74) is 4.90. The Balaban J connectivity index is 1.43. The summed E-state index contributed by atoms with van der Waals surface area (Å²) in [5, 5.41) is 46.9. The number of rotatable bonds is 3. The molecule has 4 aliphatic rings. The fourth-order valence-electron chi connectivity index (χ4n) is 7.58. The molecule has 15 nitrogen and oxygen atoms in total. The number of nitrogens with one attached hydrogen (secondary N) is 1. The zero-order valence-electron chi connectivity index (χ0n) is 27.0. The average molecular weight is 697 g/mol. The van der Waals surface area contributed by atoms with Crippen molar-refractivity contribution < 1.29 is 53.9 Å². The van der Waals surface area contributed by atoms with Crippen LogP contribution in [0.3, 0.4) is 0 Å². The Bertz CT molecular complexity index is 2100. The van der Waals surface area contributed by atoms with Crippen LogP contribution in [0.5, 0.6) is 5.75 Å². The first kappa shape index (κ1) is 33.2. The van der Waals surface area contributed by atoms with Crippen LogP contribution in [-0.2, 0) is 43.5 Å². The number of ketones is 2. The largest absolute Gasteiger partial charge is 0.508 e. The summed E-state index contributed by atoms with van der Waals surface area (Å²) >= 11 is 0. The van der Waals surface area contributed by atoms with Crippen molar-refractivity contribution in [2.24, 2.45) is 17.6 Å². The lowest BCUT2D eigenvalue weighted by Gasteiger charge is -2.51. The molecule has 7 N–H and O–H groups in total. The fraction of sp³-hybridized carbons (Fsp3) is 0.250. The van der Waals surface area contributed by atoms with Crippen molar-refractivity contribution in [3.8, 4) is 5.75 Å². The van der Waals surface area contributed by atoms with Crippen LogP contribution >= 0.6 is 0 Å². The predicted molar refractivity (Wildman–Crippen MR) is 178 cm³/mol. The van der Waals surface area contributed by atoms with Crippen LogP contribution in [0, 0.1) is 11.8 Å². The number of Topliss-reactive ketones (excluding diaryl/α,β-unsaturated/α-hetero) is 2. The number of benzene rings is 3. The van der Waals surface area contributed by atoms with Gasteiger partial charge >= 0.3 is 12.2 Å². The topological polar surface area (TPSA) is 229 Å². The minimum absolute atomic E-state index is 0.0436. The SMILES string of the molecule is CN1c2cccc(c2)COC(=O)NN(C(=O)OCc2ccccc2)c2ccc(O)c3c2CC2CC4[C@H]1C(=O)C(C(N)=O)=C(O)[C@@]4(O)C(=O)C2=C3O. The van der Waals surface area contributed by atoms with Gasteiger partial charge in [0.2, 0.25) is 5.78 Å². The standard InChI is InChI=1S/C36H32N4O11/c1-39-20-9-5-8-18(12-20)16-50-34(47)38-40(35(48)51-15-17-6-3-2-4-7-17)23-10-11-24(41)26-21(23)13-19-14-22-28(39)30(43)27(33(37)46)32(45)36(22,49)31(44)25(19)29(26)42/h2-12,19,22,28,41-42,45,49H,13-16H2,1H3,(H2,37,46)(H,38,47)/t19?,22?,28-,36-/m0/s1. The minimum atomic E-state index is -2.88. The molecular formula is C36H32N4O11. The second kappa shape index (κ2) is 12.2. The number of likely N-dealkylation sites (N-methyl/N-ethyl adjacent to an activating group) is 1. The highest BCUT2D eigenvalue weighted by Gasteiger charge is 2.64. The van der Waals surface area contributed by atoms with Crippen LogP contribution in [0.25, 0.3) is 5.76 Å². The van der Waals surface area contributed by atoms with Crippen LogP contribution in [0.15, 0.2) is 83.6 Å². The molecule has 0 aromatic heterocycles. The number of ether oxygens (including phenoxy) is 2. The molecule has 0 saturated heterocycles. The van der Waals surface area contributed by atoms with Gasteiger partial charge in [0, 0.05) is 24.2 Å². The van der Waals surface area contributed by atoms with E-state index >= 15 is 0 Å². The number of carbonyl (C=O) groups excluding carboxylic acids is 5. The molecule has 3 aliphatic carbocycles. The average Bonchev–Trinajstić information content (AvgIpc) is 3.10. The van der Waals surface area contributed by atoms with E-state index in [-0.39, 0.29) is 48.4 Å². The zero-order chi connectivity index (χ0) is 36.4. The van der Waals surface area contributed by atoms with Crippen LogP contribution in [0.2, 0.25) is 0 Å². The number of aliphatic hydroxyl groups excluding tert-OH is 2. The number of aliphatic hydroxyl groups is 3. The summed E-state index contributed by atoms with van der Waals surface area (Å²) in [6.07, 6.45) is -2.49. The Morgan fingerprint density at radius 2 is 1.78 bits per heavy atom. The molecule has 7 rings (SSSR count). The molecule has 262 valence electrons. The Kier molecular flexibility index (Phi) is 7.94. The molecule has 3 aromatic rings. The van der Waals surface area contributed by atoms with Gasteiger partial charge in [0.05, 0.1) is 17.3 Å². The number of aromatic hydroxyl groups is 1. The van der Waals surface area contributed by atoms with Crippen molar-refractivity contribution in [3.63, 3.8) is 0 Å². The molecule has 1 heterocycles. The number of amides is 3. The van der Waals surface area contributed by atoms with E-state index in [9.17, 15) is 44.4 Å². The van der Waals surface area contributed by atoms with Crippen molar-refractivity contribution in [1.82, 2.24) is 5.43 Å². The molecule has 1 aliphatic heterocycles. The molecule has 51 heavy (non-hydrogen) atoms. The predicted octanol–water partition coefficient (Wildman–Crippen LogP) is 2.84. The number of phenols is 1. The lowest BCUT2D eigenvalue weighted by atomic mass is 9.57. The number of anilines is 2. The van der Waals surface area contributed by atoms with E-state index in [2.05, 4.69) is 5.43 Å². The van der Waals surface area contributed by atoms with Crippen LogP contribution in [0.4, 0.5) is 21.0 Å². The van der Waals surface area contributed by atoms with Gasteiger partial charge in [0.1, 0.15) is 36.1 Å². The minimum Gasteiger partial charge on any atom is -0.508 e. The number of hydrogen-bond acceptors (Lipinski definition) is 12. The number of fused-ring (bicyclic) bond motifs is 2. The van der Waals surface area contributed by atoms with E-state index in [0.717, 1.165) is 11.1 Å². The van der Waals surface area contributed by atoms with Gasteiger partial charge in [-0.15, -0.1) is 0 Å².